The van der Waals surface area contributed by atoms with E-state index in [4.69, 9.17) is 11.6 Å². The van der Waals surface area contributed by atoms with E-state index in [1.54, 1.807) is 0 Å². The molecule has 0 N–H and O–H groups in total. The van der Waals surface area contributed by atoms with Gasteiger partial charge in [-0.1, -0.05) is 91.3 Å². The maximum atomic E-state index is 6.33. The fourth-order valence-corrected chi connectivity index (χ4v) is 4.01. The molecule has 0 nitrogen and oxygen atoms in total. The van der Waals surface area contributed by atoms with Gasteiger partial charge >= 0.3 is 0 Å². The Labute approximate surface area is 156 Å². The molecule has 1 atom stereocenters. The Morgan fingerprint density at radius 1 is 0.760 bits per heavy atom. The van der Waals surface area contributed by atoms with Gasteiger partial charge in [-0.25, -0.2) is 0 Å². The highest BCUT2D eigenvalue weighted by Crippen LogP contribution is 2.41. The summed E-state index contributed by atoms with van der Waals surface area (Å²) in [4.78, 5) is 0. The first kappa shape index (κ1) is 17.8. The van der Waals surface area contributed by atoms with Crippen LogP contribution in [0.4, 0.5) is 0 Å². The van der Waals surface area contributed by atoms with E-state index in [1.807, 2.05) is 6.07 Å². The first-order valence-electron chi connectivity index (χ1n) is 9.10. The molecular weight excluding hydrogens is 324 g/mol. The SMILES string of the molecule is CCC(CCCc1ccccc1)(c1ccccc1)c1cccc(Cl)c1. The second-order valence-electron chi connectivity index (χ2n) is 6.65. The topological polar surface area (TPSA) is 0 Å². The van der Waals surface area contributed by atoms with Crippen molar-refractivity contribution in [3.05, 3.63) is 107 Å². The van der Waals surface area contributed by atoms with Crippen molar-refractivity contribution in [2.75, 3.05) is 0 Å². The summed E-state index contributed by atoms with van der Waals surface area (Å²) < 4.78 is 0. The molecule has 0 amide bonds. The molecule has 25 heavy (non-hydrogen) atoms. The maximum absolute atomic E-state index is 6.33. The Morgan fingerprint density at radius 3 is 2.04 bits per heavy atom. The summed E-state index contributed by atoms with van der Waals surface area (Å²) in [7, 11) is 0. The highest BCUT2D eigenvalue weighted by atomic mass is 35.5. The molecule has 0 aliphatic rings. The number of hydrogen-bond acceptors (Lipinski definition) is 0. The van der Waals surface area contributed by atoms with Crippen LogP contribution in [0.25, 0.3) is 0 Å². The van der Waals surface area contributed by atoms with Crippen molar-refractivity contribution < 1.29 is 0 Å². The highest BCUT2D eigenvalue weighted by molar-refractivity contribution is 6.30. The largest absolute Gasteiger partial charge is 0.0843 e. The molecule has 3 aromatic carbocycles. The molecule has 1 heteroatoms. The van der Waals surface area contributed by atoms with Crippen molar-refractivity contribution in [1.29, 1.82) is 0 Å². The zero-order valence-corrected chi connectivity index (χ0v) is 15.5. The zero-order chi connectivity index (χ0) is 17.5. The smallest absolute Gasteiger partial charge is 0.0409 e. The van der Waals surface area contributed by atoms with Crippen LogP contribution in [-0.2, 0) is 11.8 Å². The number of hydrogen-bond donors (Lipinski definition) is 0. The minimum absolute atomic E-state index is 0.0148. The van der Waals surface area contributed by atoms with Gasteiger partial charge in [0.25, 0.3) is 0 Å². The van der Waals surface area contributed by atoms with Crippen LogP contribution in [0.1, 0.15) is 42.9 Å². The van der Waals surface area contributed by atoms with Crippen LogP contribution in [0.5, 0.6) is 0 Å². The van der Waals surface area contributed by atoms with Gasteiger partial charge in [-0.05, 0) is 54.5 Å². The van der Waals surface area contributed by atoms with Gasteiger partial charge in [0.1, 0.15) is 0 Å². The fraction of sp³-hybridized carbons (Fsp3) is 0.250. The minimum Gasteiger partial charge on any atom is -0.0843 e. The quantitative estimate of drug-likeness (QED) is 0.428. The number of rotatable bonds is 7. The number of aryl methyl sites for hydroxylation is 1. The lowest BCUT2D eigenvalue weighted by Gasteiger charge is -2.35. The summed E-state index contributed by atoms with van der Waals surface area (Å²) in [5.74, 6) is 0. The third-order valence-corrected chi connectivity index (χ3v) is 5.45. The second-order valence-corrected chi connectivity index (χ2v) is 7.09. The van der Waals surface area contributed by atoms with Crippen LogP contribution in [0, 0.1) is 0 Å². The molecule has 0 heterocycles. The van der Waals surface area contributed by atoms with E-state index in [2.05, 4.69) is 85.8 Å². The standard InChI is InChI=1S/C24H25Cl/c1-2-24(21-14-7-4-8-15-21,22-16-9-17-23(25)19-22)18-10-13-20-11-5-3-6-12-20/h3-9,11-12,14-17,19H,2,10,13,18H2,1H3. The Hall–Kier alpha value is -2.05. The van der Waals surface area contributed by atoms with E-state index < -0.39 is 0 Å². The van der Waals surface area contributed by atoms with E-state index in [1.165, 1.54) is 16.7 Å². The average molecular weight is 349 g/mol. The van der Waals surface area contributed by atoms with Crippen molar-refractivity contribution in [3.63, 3.8) is 0 Å². The molecule has 0 radical (unpaired) electrons. The third kappa shape index (κ3) is 4.14. The number of benzene rings is 3. The molecule has 3 rings (SSSR count). The first-order valence-corrected chi connectivity index (χ1v) is 9.48. The van der Waals surface area contributed by atoms with Crippen molar-refractivity contribution in [3.8, 4) is 0 Å². The van der Waals surface area contributed by atoms with Crippen LogP contribution >= 0.6 is 11.6 Å². The summed E-state index contributed by atoms with van der Waals surface area (Å²) in [5.41, 5.74) is 4.13. The fourth-order valence-electron chi connectivity index (χ4n) is 3.82. The summed E-state index contributed by atoms with van der Waals surface area (Å²) in [6, 6.07) is 30.0. The number of halogens is 1. The lowest BCUT2D eigenvalue weighted by molar-refractivity contribution is 0.440. The van der Waals surface area contributed by atoms with Crippen LogP contribution in [0.3, 0.4) is 0 Å². The molecular formula is C24H25Cl. The molecule has 128 valence electrons. The molecule has 1 unspecified atom stereocenters. The van der Waals surface area contributed by atoms with Gasteiger partial charge < -0.3 is 0 Å². The van der Waals surface area contributed by atoms with Gasteiger partial charge in [-0.3, -0.25) is 0 Å². The van der Waals surface area contributed by atoms with Crippen molar-refractivity contribution in [2.45, 2.75) is 38.0 Å². The van der Waals surface area contributed by atoms with Crippen LogP contribution < -0.4 is 0 Å². The molecule has 0 aliphatic heterocycles. The summed E-state index contributed by atoms with van der Waals surface area (Å²) in [6.45, 7) is 2.29. The molecule has 0 aromatic heterocycles. The van der Waals surface area contributed by atoms with Crippen LogP contribution in [0.15, 0.2) is 84.9 Å². The summed E-state index contributed by atoms with van der Waals surface area (Å²) in [5, 5.41) is 0.814. The lowest BCUT2D eigenvalue weighted by Crippen LogP contribution is -2.27. The Balaban J connectivity index is 1.91. The Kier molecular flexibility index (Phi) is 5.94. The summed E-state index contributed by atoms with van der Waals surface area (Å²) in [6.07, 6.45) is 4.43. The van der Waals surface area contributed by atoms with Gasteiger partial charge in [0.05, 0.1) is 0 Å². The van der Waals surface area contributed by atoms with Gasteiger partial charge in [-0.15, -0.1) is 0 Å². The predicted molar refractivity (Wildman–Crippen MR) is 108 cm³/mol. The lowest BCUT2D eigenvalue weighted by atomic mass is 9.69. The first-order chi connectivity index (χ1) is 12.2. The van der Waals surface area contributed by atoms with E-state index in [-0.39, 0.29) is 5.41 Å². The average Bonchev–Trinajstić information content (AvgIpc) is 2.67. The van der Waals surface area contributed by atoms with Gasteiger partial charge in [0.2, 0.25) is 0 Å². The molecule has 3 aromatic rings. The van der Waals surface area contributed by atoms with Gasteiger partial charge in [-0.2, -0.15) is 0 Å². The molecule has 0 saturated carbocycles. The third-order valence-electron chi connectivity index (χ3n) is 5.22. The molecule has 0 saturated heterocycles. The van der Waals surface area contributed by atoms with E-state index in [0.29, 0.717) is 0 Å². The van der Waals surface area contributed by atoms with Crippen molar-refractivity contribution in [2.24, 2.45) is 0 Å². The molecule has 0 aliphatic carbocycles. The minimum atomic E-state index is 0.0148. The Bertz CT molecular complexity index is 779. The van der Waals surface area contributed by atoms with Crippen LogP contribution in [-0.4, -0.2) is 0 Å². The van der Waals surface area contributed by atoms with E-state index in [9.17, 15) is 0 Å². The molecule has 0 bridgehead atoms. The van der Waals surface area contributed by atoms with Crippen molar-refractivity contribution in [1.82, 2.24) is 0 Å². The van der Waals surface area contributed by atoms with Gasteiger partial charge in [0.15, 0.2) is 0 Å². The van der Waals surface area contributed by atoms with E-state index >= 15 is 0 Å². The van der Waals surface area contributed by atoms with Gasteiger partial charge in [0, 0.05) is 10.4 Å². The van der Waals surface area contributed by atoms with Crippen molar-refractivity contribution >= 4 is 11.6 Å². The Morgan fingerprint density at radius 2 is 1.40 bits per heavy atom. The summed E-state index contributed by atoms with van der Waals surface area (Å²) >= 11 is 6.33. The predicted octanol–water partition coefficient (Wildman–Crippen LogP) is 7.06. The molecule has 0 spiro atoms. The molecule has 0 fully saturated rings. The zero-order valence-electron chi connectivity index (χ0n) is 14.8. The monoisotopic (exact) mass is 348 g/mol. The second kappa shape index (κ2) is 8.36. The normalized spacial score (nSPS) is 13.4. The van der Waals surface area contributed by atoms with E-state index in [0.717, 1.165) is 30.7 Å². The van der Waals surface area contributed by atoms with Crippen LogP contribution in [0.2, 0.25) is 5.02 Å². The maximum Gasteiger partial charge on any atom is 0.0409 e. The highest BCUT2D eigenvalue weighted by Gasteiger charge is 2.32.